The first-order valence-corrected chi connectivity index (χ1v) is 9.02. The van der Waals surface area contributed by atoms with Crippen molar-refractivity contribution in [1.29, 1.82) is 0 Å². The SMILES string of the molecule is Cc1cc(S(=O)(=O)N2CCSCC2)cc(CCl)c1F. The van der Waals surface area contributed by atoms with E-state index in [0.29, 0.717) is 18.7 Å². The van der Waals surface area contributed by atoms with Crippen molar-refractivity contribution in [3.8, 4) is 0 Å². The number of sulfonamides is 1. The average Bonchev–Trinajstić information content (AvgIpc) is 2.42. The molecule has 1 heterocycles. The molecule has 0 unspecified atom stereocenters. The molecule has 1 aliphatic rings. The number of aryl methyl sites for hydroxylation is 1. The molecule has 106 valence electrons. The van der Waals surface area contributed by atoms with E-state index in [2.05, 4.69) is 0 Å². The third-order valence-corrected chi connectivity index (χ3v) is 6.16. The Morgan fingerprint density at radius 2 is 2.00 bits per heavy atom. The van der Waals surface area contributed by atoms with Crippen molar-refractivity contribution in [1.82, 2.24) is 4.31 Å². The Balaban J connectivity index is 2.42. The number of halogens is 2. The zero-order valence-electron chi connectivity index (χ0n) is 10.5. The predicted octanol–water partition coefficient (Wildman–Crippen LogP) is 2.61. The number of hydrogen-bond donors (Lipinski definition) is 0. The van der Waals surface area contributed by atoms with E-state index in [0.717, 1.165) is 11.5 Å². The fourth-order valence-corrected chi connectivity index (χ4v) is 4.90. The normalized spacial score (nSPS) is 17.6. The van der Waals surface area contributed by atoms with Crippen LogP contribution in [0.5, 0.6) is 0 Å². The fourth-order valence-electron chi connectivity index (χ4n) is 1.99. The van der Waals surface area contributed by atoms with E-state index in [1.54, 1.807) is 18.7 Å². The van der Waals surface area contributed by atoms with Gasteiger partial charge >= 0.3 is 0 Å². The van der Waals surface area contributed by atoms with Gasteiger partial charge in [0.15, 0.2) is 0 Å². The molecule has 1 fully saturated rings. The highest BCUT2D eigenvalue weighted by Gasteiger charge is 2.27. The summed E-state index contributed by atoms with van der Waals surface area (Å²) in [6.45, 7) is 2.55. The summed E-state index contributed by atoms with van der Waals surface area (Å²) >= 11 is 7.40. The second-order valence-corrected chi connectivity index (χ2v) is 7.79. The first-order valence-electron chi connectivity index (χ1n) is 5.89. The minimum Gasteiger partial charge on any atom is -0.207 e. The molecule has 1 aromatic rings. The molecule has 1 saturated heterocycles. The Kier molecular flexibility index (Phi) is 4.76. The van der Waals surface area contributed by atoms with Crippen LogP contribution in [0.4, 0.5) is 4.39 Å². The Morgan fingerprint density at radius 3 is 2.58 bits per heavy atom. The molecule has 0 radical (unpaired) electrons. The lowest BCUT2D eigenvalue weighted by atomic mass is 10.1. The highest BCUT2D eigenvalue weighted by atomic mass is 35.5. The summed E-state index contributed by atoms with van der Waals surface area (Å²) in [6, 6.07) is 2.72. The summed E-state index contributed by atoms with van der Waals surface area (Å²) in [5.74, 6) is 1.12. The van der Waals surface area contributed by atoms with Gasteiger partial charge in [-0.1, -0.05) is 0 Å². The standard InChI is InChI=1S/C12H15ClFNO2S2/c1-9-6-11(7-10(8-13)12(9)14)19(16,17)15-2-4-18-5-3-15/h6-7H,2-5,8H2,1H3. The van der Waals surface area contributed by atoms with Crippen LogP contribution in [0.2, 0.25) is 0 Å². The van der Waals surface area contributed by atoms with E-state index in [1.165, 1.54) is 16.4 Å². The van der Waals surface area contributed by atoms with Crippen LogP contribution >= 0.6 is 23.4 Å². The van der Waals surface area contributed by atoms with E-state index in [4.69, 9.17) is 11.6 Å². The molecule has 0 atom stereocenters. The van der Waals surface area contributed by atoms with Crippen LogP contribution in [-0.2, 0) is 15.9 Å². The van der Waals surface area contributed by atoms with Crippen LogP contribution in [0.15, 0.2) is 17.0 Å². The molecule has 2 rings (SSSR count). The van der Waals surface area contributed by atoms with Gasteiger partial charge in [0, 0.05) is 30.2 Å². The van der Waals surface area contributed by atoms with Crippen molar-refractivity contribution in [2.24, 2.45) is 0 Å². The third-order valence-electron chi connectivity index (χ3n) is 3.06. The van der Waals surface area contributed by atoms with Crippen LogP contribution in [-0.4, -0.2) is 37.3 Å². The Bertz CT molecular complexity index is 571. The zero-order valence-corrected chi connectivity index (χ0v) is 12.9. The summed E-state index contributed by atoms with van der Waals surface area (Å²) in [5.41, 5.74) is 0.537. The second-order valence-electron chi connectivity index (χ2n) is 4.36. The minimum atomic E-state index is -3.54. The molecule has 0 N–H and O–H groups in total. The fraction of sp³-hybridized carbons (Fsp3) is 0.500. The van der Waals surface area contributed by atoms with Gasteiger partial charge < -0.3 is 0 Å². The Morgan fingerprint density at radius 1 is 1.37 bits per heavy atom. The predicted molar refractivity (Wildman–Crippen MR) is 76.8 cm³/mol. The maximum Gasteiger partial charge on any atom is 0.243 e. The van der Waals surface area contributed by atoms with E-state index >= 15 is 0 Å². The average molecular weight is 324 g/mol. The molecule has 0 spiro atoms. The van der Waals surface area contributed by atoms with Gasteiger partial charge in [0.05, 0.1) is 10.8 Å². The maximum atomic E-state index is 13.7. The van der Waals surface area contributed by atoms with E-state index in [9.17, 15) is 12.8 Å². The quantitative estimate of drug-likeness (QED) is 0.802. The van der Waals surface area contributed by atoms with Crippen LogP contribution in [0, 0.1) is 12.7 Å². The van der Waals surface area contributed by atoms with E-state index in [-0.39, 0.29) is 16.3 Å². The molecule has 1 aromatic carbocycles. The molecular formula is C12H15ClFNO2S2. The number of thioether (sulfide) groups is 1. The summed E-state index contributed by atoms with van der Waals surface area (Å²) in [6.07, 6.45) is 0. The number of nitrogens with zero attached hydrogens (tertiary/aromatic N) is 1. The molecule has 0 saturated carbocycles. The largest absolute Gasteiger partial charge is 0.243 e. The Hall–Kier alpha value is -0.300. The highest BCUT2D eigenvalue weighted by molar-refractivity contribution is 7.99. The molecular weight excluding hydrogens is 309 g/mol. The summed E-state index contributed by atoms with van der Waals surface area (Å²) < 4.78 is 40.1. The van der Waals surface area contributed by atoms with Gasteiger partial charge in [-0.3, -0.25) is 0 Å². The van der Waals surface area contributed by atoms with E-state index < -0.39 is 15.8 Å². The summed E-state index contributed by atoms with van der Waals surface area (Å²) in [4.78, 5) is 0.133. The molecule has 0 bridgehead atoms. The van der Waals surface area contributed by atoms with E-state index in [1.807, 2.05) is 0 Å². The molecule has 7 heteroatoms. The van der Waals surface area contributed by atoms with Gasteiger partial charge in [0.25, 0.3) is 0 Å². The Labute approximate surface area is 122 Å². The summed E-state index contributed by atoms with van der Waals surface area (Å²) in [5, 5.41) is 0. The van der Waals surface area contributed by atoms with Gasteiger partial charge in [-0.05, 0) is 24.6 Å². The van der Waals surface area contributed by atoms with Crippen molar-refractivity contribution in [3.63, 3.8) is 0 Å². The van der Waals surface area contributed by atoms with Crippen molar-refractivity contribution in [2.45, 2.75) is 17.7 Å². The molecule has 0 aliphatic carbocycles. The molecule has 0 amide bonds. The lowest BCUT2D eigenvalue weighted by Gasteiger charge is -2.26. The lowest BCUT2D eigenvalue weighted by molar-refractivity contribution is 0.443. The number of alkyl halides is 1. The van der Waals surface area contributed by atoms with Gasteiger partial charge in [0.2, 0.25) is 10.0 Å². The maximum absolute atomic E-state index is 13.7. The smallest absolute Gasteiger partial charge is 0.207 e. The van der Waals surface area contributed by atoms with Crippen LogP contribution in [0.25, 0.3) is 0 Å². The van der Waals surface area contributed by atoms with Gasteiger partial charge in [-0.25, -0.2) is 12.8 Å². The number of hydrogen-bond acceptors (Lipinski definition) is 3. The molecule has 3 nitrogen and oxygen atoms in total. The first-order chi connectivity index (χ1) is 8.96. The first kappa shape index (κ1) is 15.1. The number of benzene rings is 1. The zero-order chi connectivity index (χ0) is 14.0. The molecule has 0 aromatic heterocycles. The monoisotopic (exact) mass is 323 g/mol. The molecule has 19 heavy (non-hydrogen) atoms. The number of rotatable bonds is 3. The van der Waals surface area contributed by atoms with Crippen LogP contribution in [0.1, 0.15) is 11.1 Å². The van der Waals surface area contributed by atoms with Crippen LogP contribution in [0.3, 0.4) is 0 Å². The minimum absolute atomic E-state index is 0.0358. The van der Waals surface area contributed by atoms with Crippen LogP contribution < -0.4 is 0 Å². The lowest BCUT2D eigenvalue weighted by Crippen LogP contribution is -2.37. The van der Waals surface area contributed by atoms with Crippen molar-refractivity contribution in [3.05, 3.63) is 29.1 Å². The van der Waals surface area contributed by atoms with Crippen molar-refractivity contribution >= 4 is 33.4 Å². The molecule has 1 aliphatic heterocycles. The van der Waals surface area contributed by atoms with Gasteiger partial charge in [-0.15, -0.1) is 11.6 Å². The topological polar surface area (TPSA) is 37.4 Å². The third kappa shape index (κ3) is 3.07. The van der Waals surface area contributed by atoms with Crippen molar-refractivity contribution in [2.75, 3.05) is 24.6 Å². The highest BCUT2D eigenvalue weighted by Crippen LogP contribution is 2.25. The summed E-state index contributed by atoms with van der Waals surface area (Å²) in [7, 11) is -3.54. The second kappa shape index (κ2) is 5.99. The van der Waals surface area contributed by atoms with Gasteiger partial charge in [0.1, 0.15) is 5.82 Å². The van der Waals surface area contributed by atoms with Gasteiger partial charge in [-0.2, -0.15) is 16.1 Å². The van der Waals surface area contributed by atoms with Crippen molar-refractivity contribution < 1.29 is 12.8 Å².